The number of benzene rings is 2. The Morgan fingerprint density at radius 2 is 1.78 bits per heavy atom. The van der Waals surface area contributed by atoms with E-state index in [0.717, 1.165) is 5.56 Å². The van der Waals surface area contributed by atoms with Gasteiger partial charge in [-0.1, -0.05) is 42.5 Å². The van der Waals surface area contributed by atoms with Crippen LogP contribution in [0.15, 0.2) is 54.6 Å². The lowest BCUT2D eigenvalue weighted by molar-refractivity contribution is 0.145. The highest BCUT2D eigenvalue weighted by Gasteiger charge is 2.17. The van der Waals surface area contributed by atoms with Gasteiger partial charge >= 0.3 is 0 Å². The van der Waals surface area contributed by atoms with E-state index in [1.165, 1.54) is 12.1 Å². The number of hydrogen-bond acceptors (Lipinski definition) is 2. The lowest BCUT2D eigenvalue weighted by Crippen LogP contribution is -2.28. The predicted octanol–water partition coefficient (Wildman–Crippen LogP) is 2.43. The zero-order valence-corrected chi connectivity index (χ0v) is 9.96. The monoisotopic (exact) mass is 245 g/mol. The fourth-order valence-electron chi connectivity index (χ4n) is 1.92. The van der Waals surface area contributed by atoms with E-state index in [9.17, 15) is 9.50 Å². The van der Waals surface area contributed by atoms with Gasteiger partial charge in [-0.3, -0.25) is 0 Å². The highest BCUT2D eigenvalue weighted by atomic mass is 19.1. The molecule has 3 heteroatoms. The van der Waals surface area contributed by atoms with Gasteiger partial charge in [0.1, 0.15) is 5.82 Å². The van der Waals surface area contributed by atoms with Crippen molar-refractivity contribution in [1.82, 2.24) is 0 Å². The van der Waals surface area contributed by atoms with E-state index in [0.29, 0.717) is 12.0 Å². The van der Waals surface area contributed by atoms with Crippen molar-refractivity contribution >= 4 is 0 Å². The first kappa shape index (κ1) is 12.7. The van der Waals surface area contributed by atoms with Crippen molar-refractivity contribution < 1.29 is 9.50 Å². The highest BCUT2D eigenvalue weighted by molar-refractivity contribution is 5.22. The van der Waals surface area contributed by atoms with Gasteiger partial charge < -0.3 is 10.8 Å². The maximum atomic E-state index is 13.1. The SMILES string of the molecule is N[C@@H](c1cccc(F)c1)[C@H](O)Cc1ccccc1. The zero-order valence-electron chi connectivity index (χ0n) is 9.96. The fourth-order valence-corrected chi connectivity index (χ4v) is 1.92. The molecule has 3 N–H and O–H groups in total. The Bertz CT molecular complexity index is 501. The number of rotatable bonds is 4. The molecular formula is C15H16FNO. The van der Waals surface area contributed by atoms with Gasteiger partial charge in [0.2, 0.25) is 0 Å². The van der Waals surface area contributed by atoms with Crippen LogP contribution < -0.4 is 5.73 Å². The van der Waals surface area contributed by atoms with Gasteiger partial charge in [0, 0.05) is 6.42 Å². The van der Waals surface area contributed by atoms with E-state index in [2.05, 4.69) is 0 Å². The zero-order chi connectivity index (χ0) is 13.0. The lowest BCUT2D eigenvalue weighted by atomic mass is 9.97. The first-order chi connectivity index (χ1) is 8.66. The normalized spacial score (nSPS) is 14.2. The van der Waals surface area contributed by atoms with Crippen LogP contribution in [0, 0.1) is 5.82 Å². The first-order valence-corrected chi connectivity index (χ1v) is 5.90. The largest absolute Gasteiger partial charge is 0.391 e. The Labute approximate surface area is 106 Å². The van der Waals surface area contributed by atoms with Crippen LogP contribution in [0.4, 0.5) is 4.39 Å². The van der Waals surface area contributed by atoms with E-state index in [1.54, 1.807) is 12.1 Å². The molecule has 0 aliphatic rings. The van der Waals surface area contributed by atoms with Crippen molar-refractivity contribution in [2.75, 3.05) is 0 Å². The van der Waals surface area contributed by atoms with Gasteiger partial charge in [-0.05, 0) is 23.3 Å². The standard InChI is InChI=1S/C15H16FNO/c16-13-8-4-7-12(10-13)15(17)14(18)9-11-5-2-1-3-6-11/h1-8,10,14-15,18H,9,17H2/t14-,15+/m1/s1. The second-order valence-corrected chi connectivity index (χ2v) is 4.34. The summed E-state index contributed by atoms with van der Waals surface area (Å²) >= 11 is 0. The molecule has 0 saturated carbocycles. The molecule has 2 atom stereocenters. The minimum absolute atomic E-state index is 0.338. The van der Waals surface area contributed by atoms with Crippen LogP contribution in [0.3, 0.4) is 0 Å². The molecule has 0 amide bonds. The number of aliphatic hydroxyl groups excluding tert-OH is 1. The van der Waals surface area contributed by atoms with Gasteiger partial charge in [-0.25, -0.2) is 4.39 Å². The Morgan fingerprint density at radius 1 is 1.06 bits per heavy atom. The molecule has 0 aromatic heterocycles. The van der Waals surface area contributed by atoms with Gasteiger partial charge in [-0.2, -0.15) is 0 Å². The summed E-state index contributed by atoms with van der Waals surface area (Å²) in [5.74, 6) is -0.338. The van der Waals surface area contributed by atoms with Crippen molar-refractivity contribution in [3.63, 3.8) is 0 Å². The summed E-state index contributed by atoms with van der Waals surface area (Å²) in [6.07, 6.45) is -0.271. The minimum atomic E-state index is -0.728. The van der Waals surface area contributed by atoms with Crippen molar-refractivity contribution in [3.05, 3.63) is 71.5 Å². The summed E-state index contributed by atoms with van der Waals surface area (Å²) in [7, 11) is 0. The molecule has 0 fully saturated rings. The molecule has 0 radical (unpaired) electrons. The molecule has 0 bridgehead atoms. The van der Waals surface area contributed by atoms with Crippen molar-refractivity contribution in [2.45, 2.75) is 18.6 Å². The van der Waals surface area contributed by atoms with Crippen molar-refractivity contribution in [1.29, 1.82) is 0 Å². The summed E-state index contributed by atoms with van der Waals surface area (Å²) in [5, 5.41) is 10.1. The van der Waals surface area contributed by atoms with Crippen LogP contribution >= 0.6 is 0 Å². The Balaban J connectivity index is 2.07. The third kappa shape index (κ3) is 3.15. The average Bonchev–Trinajstić information content (AvgIpc) is 2.39. The molecule has 0 saturated heterocycles. The summed E-state index contributed by atoms with van der Waals surface area (Å²) in [6.45, 7) is 0. The molecule has 2 rings (SSSR count). The van der Waals surface area contributed by atoms with Crippen molar-refractivity contribution in [3.8, 4) is 0 Å². The van der Waals surface area contributed by atoms with Gasteiger partial charge in [0.15, 0.2) is 0 Å². The first-order valence-electron chi connectivity index (χ1n) is 5.90. The summed E-state index contributed by atoms with van der Waals surface area (Å²) in [5.41, 5.74) is 7.56. The molecular weight excluding hydrogens is 229 g/mol. The van der Waals surface area contributed by atoms with E-state index in [-0.39, 0.29) is 5.82 Å². The Hall–Kier alpha value is -1.71. The van der Waals surface area contributed by atoms with Gasteiger partial charge in [-0.15, -0.1) is 0 Å². The smallest absolute Gasteiger partial charge is 0.123 e. The highest BCUT2D eigenvalue weighted by Crippen LogP contribution is 2.18. The maximum absolute atomic E-state index is 13.1. The predicted molar refractivity (Wildman–Crippen MR) is 69.5 cm³/mol. The second kappa shape index (κ2) is 5.76. The fraction of sp³-hybridized carbons (Fsp3) is 0.200. The molecule has 18 heavy (non-hydrogen) atoms. The second-order valence-electron chi connectivity index (χ2n) is 4.34. The molecule has 2 aromatic rings. The van der Waals surface area contributed by atoms with E-state index >= 15 is 0 Å². The van der Waals surface area contributed by atoms with Crippen LogP contribution in [0.2, 0.25) is 0 Å². The molecule has 0 unspecified atom stereocenters. The van der Waals surface area contributed by atoms with Crippen LogP contribution in [-0.2, 0) is 6.42 Å². The molecule has 2 aromatic carbocycles. The third-order valence-corrected chi connectivity index (χ3v) is 2.94. The van der Waals surface area contributed by atoms with E-state index in [4.69, 9.17) is 5.73 Å². The average molecular weight is 245 g/mol. The summed E-state index contributed by atoms with van der Waals surface area (Å²) < 4.78 is 13.1. The number of aliphatic hydroxyl groups is 1. The molecule has 94 valence electrons. The van der Waals surface area contributed by atoms with Gasteiger partial charge in [0.05, 0.1) is 12.1 Å². The molecule has 0 heterocycles. The van der Waals surface area contributed by atoms with Crippen molar-refractivity contribution in [2.24, 2.45) is 5.73 Å². The lowest BCUT2D eigenvalue weighted by Gasteiger charge is -2.19. The third-order valence-electron chi connectivity index (χ3n) is 2.94. The number of halogens is 1. The molecule has 2 nitrogen and oxygen atoms in total. The summed E-state index contributed by atoms with van der Waals surface area (Å²) in [4.78, 5) is 0. The molecule has 0 aliphatic carbocycles. The number of hydrogen-bond donors (Lipinski definition) is 2. The van der Waals surface area contributed by atoms with Crippen LogP contribution in [0.1, 0.15) is 17.2 Å². The van der Waals surface area contributed by atoms with Crippen LogP contribution in [-0.4, -0.2) is 11.2 Å². The van der Waals surface area contributed by atoms with Crippen LogP contribution in [0.25, 0.3) is 0 Å². The Morgan fingerprint density at radius 3 is 2.44 bits per heavy atom. The quantitative estimate of drug-likeness (QED) is 0.869. The van der Waals surface area contributed by atoms with Crippen LogP contribution in [0.5, 0.6) is 0 Å². The van der Waals surface area contributed by atoms with Gasteiger partial charge in [0.25, 0.3) is 0 Å². The maximum Gasteiger partial charge on any atom is 0.123 e. The molecule has 0 spiro atoms. The van der Waals surface area contributed by atoms with E-state index < -0.39 is 12.1 Å². The van der Waals surface area contributed by atoms with E-state index in [1.807, 2.05) is 30.3 Å². The molecule has 0 aliphatic heterocycles. The topological polar surface area (TPSA) is 46.2 Å². The Kier molecular flexibility index (Phi) is 4.07. The number of nitrogens with two attached hydrogens (primary N) is 1. The minimum Gasteiger partial charge on any atom is -0.391 e. The summed E-state index contributed by atoms with van der Waals surface area (Å²) in [6, 6.07) is 15.1.